The van der Waals surface area contributed by atoms with E-state index in [9.17, 15) is 14.4 Å². The first-order valence-electron chi connectivity index (χ1n) is 10.2. The van der Waals surface area contributed by atoms with Gasteiger partial charge in [-0.25, -0.2) is 4.98 Å². The molecular formula is C21H25N3O5. The van der Waals surface area contributed by atoms with Gasteiger partial charge < -0.3 is 14.4 Å². The van der Waals surface area contributed by atoms with Crippen molar-refractivity contribution < 1.29 is 19.1 Å². The molecule has 0 spiro atoms. The van der Waals surface area contributed by atoms with Crippen molar-refractivity contribution in [2.75, 3.05) is 26.3 Å². The van der Waals surface area contributed by atoms with Crippen molar-refractivity contribution in [1.29, 1.82) is 0 Å². The van der Waals surface area contributed by atoms with Gasteiger partial charge in [0.2, 0.25) is 0 Å². The van der Waals surface area contributed by atoms with Gasteiger partial charge in [0.15, 0.2) is 6.61 Å². The summed E-state index contributed by atoms with van der Waals surface area (Å²) in [7, 11) is 0. The van der Waals surface area contributed by atoms with Crippen LogP contribution in [0, 0.1) is 5.92 Å². The Kier molecular flexibility index (Phi) is 5.51. The first-order chi connectivity index (χ1) is 14.1. The minimum Gasteiger partial charge on any atom is -0.484 e. The summed E-state index contributed by atoms with van der Waals surface area (Å²) in [5.74, 6) is 0.584. The molecule has 154 valence electrons. The molecule has 0 radical (unpaired) electrons. The van der Waals surface area contributed by atoms with E-state index in [1.54, 1.807) is 34.6 Å². The van der Waals surface area contributed by atoms with Gasteiger partial charge in [-0.15, -0.1) is 0 Å². The number of nitrogens with zero attached hydrogens (tertiary/aromatic N) is 3. The van der Waals surface area contributed by atoms with Gasteiger partial charge in [0.25, 0.3) is 11.5 Å². The number of carbonyl (C=O) groups excluding carboxylic acids is 2. The molecule has 1 atom stereocenters. The van der Waals surface area contributed by atoms with Crippen molar-refractivity contribution in [1.82, 2.24) is 14.5 Å². The first-order valence-corrected chi connectivity index (χ1v) is 10.2. The van der Waals surface area contributed by atoms with E-state index in [1.807, 2.05) is 0 Å². The number of aromatic nitrogens is 2. The Bertz CT molecular complexity index is 1000. The largest absolute Gasteiger partial charge is 0.484 e. The molecule has 29 heavy (non-hydrogen) atoms. The summed E-state index contributed by atoms with van der Waals surface area (Å²) in [6.07, 6.45) is 3.24. The quantitative estimate of drug-likeness (QED) is 0.708. The van der Waals surface area contributed by atoms with Gasteiger partial charge in [0.1, 0.15) is 11.6 Å². The lowest BCUT2D eigenvalue weighted by Gasteiger charge is -2.31. The van der Waals surface area contributed by atoms with Crippen molar-refractivity contribution >= 4 is 22.8 Å². The molecular weight excluding hydrogens is 374 g/mol. The second kappa shape index (κ2) is 8.23. The summed E-state index contributed by atoms with van der Waals surface area (Å²) in [4.78, 5) is 43.4. The lowest BCUT2D eigenvalue weighted by Crippen LogP contribution is -2.44. The number of rotatable bonds is 5. The molecule has 1 saturated heterocycles. The number of benzene rings is 1. The van der Waals surface area contributed by atoms with Gasteiger partial charge in [-0.1, -0.05) is 0 Å². The van der Waals surface area contributed by atoms with E-state index in [2.05, 4.69) is 4.98 Å². The van der Waals surface area contributed by atoms with Gasteiger partial charge in [-0.3, -0.25) is 19.0 Å². The van der Waals surface area contributed by atoms with Crippen LogP contribution in [0.15, 0.2) is 23.0 Å². The van der Waals surface area contributed by atoms with Crippen LogP contribution in [0.1, 0.15) is 32.0 Å². The van der Waals surface area contributed by atoms with Gasteiger partial charge in [-0.2, -0.15) is 0 Å². The maximum Gasteiger partial charge on any atom is 0.310 e. The maximum absolute atomic E-state index is 12.7. The Balaban J connectivity index is 1.42. The van der Waals surface area contributed by atoms with Crippen LogP contribution in [0.3, 0.4) is 0 Å². The van der Waals surface area contributed by atoms with Gasteiger partial charge >= 0.3 is 5.97 Å². The highest BCUT2D eigenvalue weighted by molar-refractivity contribution is 5.81. The molecule has 2 aliphatic heterocycles. The molecule has 1 amide bonds. The molecule has 3 heterocycles. The average molecular weight is 399 g/mol. The molecule has 0 N–H and O–H groups in total. The molecule has 4 rings (SSSR count). The summed E-state index contributed by atoms with van der Waals surface area (Å²) in [6, 6.07) is 5.14. The summed E-state index contributed by atoms with van der Waals surface area (Å²) in [6.45, 7) is 3.63. The molecule has 8 heteroatoms. The Labute approximate surface area is 168 Å². The summed E-state index contributed by atoms with van der Waals surface area (Å²) in [5, 5.41) is 0.501. The fourth-order valence-electron chi connectivity index (χ4n) is 4.05. The van der Waals surface area contributed by atoms with E-state index in [0.717, 1.165) is 31.5 Å². The van der Waals surface area contributed by atoms with Crippen LogP contribution in [0.5, 0.6) is 5.75 Å². The Hall–Kier alpha value is -2.90. The zero-order valence-electron chi connectivity index (χ0n) is 16.6. The zero-order valence-corrected chi connectivity index (χ0v) is 16.6. The molecule has 0 aliphatic carbocycles. The van der Waals surface area contributed by atoms with E-state index in [4.69, 9.17) is 9.47 Å². The number of carbonyl (C=O) groups is 2. The number of fused-ring (bicyclic) bond motifs is 2. The fraction of sp³-hybridized carbons (Fsp3) is 0.524. The van der Waals surface area contributed by atoms with Crippen LogP contribution < -0.4 is 10.3 Å². The van der Waals surface area contributed by atoms with Crippen molar-refractivity contribution in [2.45, 2.75) is 39.2 Å². The summed E-state index contributed by atoms with van der Waals surface area (Å²) < 4.78 is 12.4. The lowest BCUT2D eigenvalue weighted by atomic mass is 9.98. The molecule has 1 fully saturated rings. The van der Waals surface area contributed by atoms with Gasteiger partial charge in [0, 0.05) is 26.1 Å². The molecule has 8 nitrogen and oxygen atoms in total. The van der Waals surface area contributed by atoms with Crippen LogP contribution in [0.25, 0.3) is 10.9 Å². The van der Waals surface area contributed by atoms with Crippen molar-refractivity contribution in [2.24, 2.45) is 5.92 Å². The molecule has 2 aromatic rings. The maximum atomic E-state index is 12.7. The smallest absolute Gasteiger partial charge is 0.310 e. The van der Waals surface area contributed by atoms with Crippen LogP contribution in [0.2, 0.25) is 0 Å². The topological polar surface area (TPSA) is 90.7 Å². The highest BCUT2D eigenvalue weighted by Gasteiger charge is 2.29. The lowest BCUT2D eigenvalue weighted by molar-refractivity contribution is -0.151. The summed E-state index contributed by atoms with van der Waals surface area (Å²) in [5.41, 5.74) is 0.586. The van der Waals surface area contributed by atoms with E-state index < -0.39 is 0 Å². The predicted molar refractivity (Wildman–Crippen MR) is 106 cm³/mol. The van der Waals surface area contributed by atoms with E-state index in [0.29, 0.717) is 42.9 Å². The zero-order chi connectivity index (χ0) is 20.4. The fourth-order valence-corrected chi connectivity index (χ4v) is 4.05. The first kappa shape index (κ1) is 19.4. The van der Waals surface area contributed by atoms with Crippen LogP contribution in [0.4, 0.5) is 0 Å². The number of ether oxygens (including phenoxy) is 2. The predicted octanol–water partition coefficient (Wildman–Crippen LogP) is 1.52. The SMILES string of the molecule is CCOC(=O)[C@@H]1CCCN(C(=O)COc2ccc3nc4n(c(=O)c3c2)CCC4)C1. The third-order valence-corrected chi connectivity index (χ3v) is 5.54. The Morgan fingerprint density at radius 1 is 1.24 bits per heavy atom. The molecule has 0 unspecified atom stereocenters. The summed E-state index contributed by atoms with van der Waals surface area (Å²) >= 11 is 0. The van der Waals surface area contributed by atoms with Gasteiger partial charge in [0.05, 0.1) is 23.4 Å². The van der Waals surface area contributed by atoms with Crippen molar-refractivity contribution in [3.63, 3.8) is 0 Å². The number of likely N-dealkylation sites (tertiary alicyclic amines) is 1. The normalized spacial score (nSPS) is 18.5. The van der Waals surface area contributed by atoms with Crippen molar-refractivity contribution in [3.8, 4) is 5.75 Å². The van der Waals surface area contributed by atoms with Crippen LogP contribution in [-0.2, 0) is 27.3 Å². The monoisotopic (exact) mass is 399 g/mol. The van der Waals surface area contributed by atoms with E-state index in [-0.39, 0.29) is 30.0 Å². The third-order valence-electron chi connectivity index (χ3n) is 5.54. The number of esters is 1. The second-order valence-electron chi connectivity index (χ2n) is 7.49. The number of aryl methyl sites for hydroxylation is 1. The highest BCUT2D eigenvalue weighted by atomic mass is 16.5. The van der Waals surface area contributed by atoms with E-state index in [1.165, 1.54) is 0 Å². The molecule has 2 aliphatic rings. The van der Waals surface area contributed by atoms with E-state index >= 15 is 0 Å². The molecule has 1 aromatic heterocycles. The Morgan fingerprint density at radius 2 is 2.10 bits per heavy atom. The Morgan fingerprint density at radius 3 is 2.93 bits per heavy atom. The number of piperidine rings is 1. The molecule has 0 saturated carbocycles. The minimum absolute atomic E-state index is 0.0624. The van der Waals surface area contributed by atoms with Crippen molar-refractivity contribution in [3.05, 3.63) is 34.4 Å². The standard InChI is InChI=1S/C21H25N3O5/c1-2-28-21(27)14-5-3-9-23(12-14)19(25)13-29-15-7-8-17-16(11-15)20(26)24-10-4-6-18(24)22-17/h7-8,11,14H,2-6,9-10,12-13H2,1H3/t14-/m1/s1. The molecule has 1 aromatic carbocycles. The molecule has 0 bridgehead atoms. The second-order valence-corrected chi connectivity index (χ2v) is 7.49. The number of amides is 1. The third kappa shape index (κ3) is 3.97. The minimum atomic E-state index is -0.276. The average Bonchev–Trinajstić information content (AvgIpc) is 3.21. The van der Waals surface area contributed by atoms with Gasteiger partial charge in [-0.05, 0) is 44.4 Å². The number of hydrogen-bond acceptors (Lipinski definition) is 6. The van der Waals surface area contributed by atoms with Crippen LogP contribution in [-0.4, -0.2) is 52.6 Å². The highest BCUT2D eigenvalue weighted by Crippen LogP contribution is 2.21. The number of hydrogen-bond donors (Lipinski definition) is 0. The van der Waals surface area contributed by atoms with Crippen LogP contribution >= 0.6 is 0 Å².